The summed E-state index contributed by atoms with van der Waals surface area (Å²) in [6, 6.07) is 9.77. The SMILES string of the molecule is CC(C)N(c1ccc2c(c1)CN(CC1CC1)CC2)c1ccc(=O)n(CC(F)F)c1. The smallest absolute Gasteiger partial charge is 0.256 e. The Labute approximate surface area is 170 Å². The molecule has 1 aromatic heterocycles. The van der Waals surface area contributed by atoms with Crippen LogP contribution in [0.15, 0.2) is 41.3 Å². The molecule has 0 N–H and O–H groups in total. The van der Waals surface area contributed by atoms with Crippen molar-refractivity contribution in [1.29, 1.82) is 0 Å². The van der Waals surface area contributed by atoms with Gasteiger partial charge < -0.3 is 9.47 Å². The van der Waals surface area contributed by atoms with Crippen molar-refractivity contribution >= 4 is 11.4 Å². The Kier molecular flexibility index (Phi) is 5.72. The molecule has 0 bridgehead atoms. The van der Waals surface area contributed by atoms with E-state index in [9.17, 15) is 13.6 Å². The van der Waals surface area contributed by atoms with E-state index in [0.717, 1.165) is 41.4 Å². The van der Waals surface area contributed by atoms with Crippen LogP contribution in [0.5, 0.6) is 0 Å². The van der Waals surface area contributed by atoms with Crippen LogP contribution in [0, 0.1) is 5.92 Å². The van der Waals surface area contributed by atoms with Crippen LogP contribution in [0.3, 0.4) is 0 Å². The van der Waals surface area contributed by atoms with Crippen LogP contribution in [0.25, 0.3) is 0 Å². The van der Waals surface area contributed by atoms with Crippen LogP contribution in [0.1, 0.15) is 37.8 Å². The van der Waals surface area contributed by atoms with E-state index in [0.29, 0.717) is 0 Å². The Morgan fingerprint density at radius 1 is 1.10 bits per heavy atom. The zero-order valence-corrected chi connectivity index (χ0v) is 17.2. The number of alkyl halides is 2. The van der Waals surface area contributed by atoms with Gasteiger partial charge >= 0.3 is 0 Å². The molecule has 1 saturated carbocycles. The quantitative estimate of drug-likeness (QED) is 0.687. The first-order valence-electron chi connectivity index (χ1n) is 10.5. The number of anilines is 2. The fourth-order valence-electron chi connectivity index (χ4n) is 4.27. The molecule has 0 spiro atoms. The summed E-state index contributed by atoms with van der Waals surface area (Å²) in [5, 5.41) is 0. The Bertz CT molecular complexity index is 921. The standard InChI is InChI=1S/C23H29F2N3O/c1-16(2)28(21-7-8-23(29)27(14-21)15-22(24)25)20-6-5-18-9-10-26(12-17-3-4-17)13-19(18)11-20/h5-8,11,14,16-17,22H,3-4,9-10,12-13,15H2,1-2H3. The lowest BCUT2D eigenvalue weighted by atomic mass is 9.98. The topological polar surface area (TPSA) is 28.5 Å². The third-order valence-electron chi connectivity index (χ3n) is 5.87. The molecule has 2 aromatic rings. The first kappa shape index (κ1) is 20.1. The van der Waals surface area contributed by atoms with Crippen molar-refractivity contribution in [3.63, 3.8) is 0 Å². The Balaban J connectivity index is 1.63. The number of hydrogen-bond acceptors (Lipinski definition) is 3. The second-order valence-corrected chi connectivity index (χ2v) is 8.61. The van der Waals surface area contributed by atoms with Crippen LogP contribution in [0.4, 0.5) is 20.2 Å². The molecule has 4 rings (SSSR count). The zero-order valence-electron chi connectivity index (χ0n) is 17.2. The van der Waals surface area contributed by atoms with Crippen molar-refractivity contribution < 1.29 is 8.78 Å². The lowest BCUT2D eigenvalue weighted by Crippen LogP contribution is -2.33. The van der Waals surface area contributed by atoms with Crippen LogP contribution in [-0.2, 0) is 19.5 Å². The van der Waals surface area contributed by atoms with Gasteiger partial charge in [-0.05, 0) is 68.4 Å². The van der Waals surface area contributed by atoms with Crippen LogP contribution in [-0.4, -0.2) is 35.0 Å². The van der Waals surface area contributed by atoms with E-state index in [1.807, 2.05) is 0 Å². The maximum absolute atomic E-state index is 12.9. The van der Waals surface area contributed by atoms with E-state index in [1.54, 1.807) is 12.3 Å². The second kappa shape index (κ2) is 8.27. The van der Waals surface area contributed by atoms with Crippen molar-refractivity contribution in [2.45, 2.75) is 58.7 Å². The van der Waals surface area contributed by atoms with E-state index < -0.39 is 18.5 Å². The van der Waals surface area contributed by atoms with E-state index in [4.69, 9.17) is 0 Å². The van der Waals surface area contributed by atoms with Gasteiger partial charge in [0.25, 0.3) is 12.0 Å². The summed E-state index contributed by atoms with van der Waals surface area (Å²) in [5.41, 5.74) is 4.13. The summed E-state index contributed by atoms with van der Waals surface area (Å²) in [7, 11) is 0. The minimum Gasteiger partial charge on any atom is -0.338 e. The normalized spacial score (nSPS) is 17.0. The fraction of sp³-hybridized carbons (Fsp3) is 0.522. The van der Waals surface area contributed by atoms with Gasteiger partial charge in [-0.2, -0.15) is 0 Å². The Hall–Kier alpha value is -2.21. The van der Waals surface area contributed by atoms with Crippen molar-refractivity contribution in [3.8, 4) is 0 Å². The van der Waals surface area contributed by atoms with Gasteiger partial charge in [0, 0.05) is 43.6 Å². The second-order valence-electron chi connectivity index (χ2n) is 8.61. The summed E-state index contributed by atoms with van der Waals surface area (Å²) < 4.78 is 26.8. The van der Waals surface area contributed by atoms with E-state index in [2.05, 4.69) is 41.8 Å². The average Bonchev–Trinajstić information content (AvgIpc) is 3.47. The molecule has 156 valence electrons. The molecule has 29 heavy (non-hydrogen) atoms. The van der Waals surface area contributed by atoms with Gasteiger partial charge in [0.05, 0.1) is 12.2 Å². The number of pyridine rings is 1. The van der Waals surface area contributed by atoms with Crippen molar-refractivity contribution in [3.05, 3.63) is 58.0 Å². The molecular weight excluding hydrogens is 372 g/mol. The monoisotopic (exact) mass is 401 g/mol. The van der Waals surface area contributed by atoms with Gasteiger partial charge in [-0.15, -0.1) is 0 Å². The highest BCUT2D eigenvalue weighted by atomic mass is 19.3. The van der Waals surface area contributed by atoms with E-state index in [-0.39, 0.29) is 6.04 Å². The molecule has 0 radical (unpaired) electrons. The number of aromatic nitrogens is 1. The number of hydrogen-bond donors (Lipinski definition) is 0. The number of fused-ring (bicyclic) bond motifs is 1. The molecule has 0 saturated heterocycles. The van der Waals surface area contributed by atoms with E-state index >= 15 is 0 Å². The highest BCUT2D eigenvalue weighted by Gasteiger charge is 2.27. The van der Waals surface area contributed by atoms with Crippen molar-refractivity contribution in [2.75, 3.05) is 18.0 Å². The predicted octanol–water partition coefficient (Wildman–Crippen LogP) is 4.43. The fourth-order valence-corrected chi connectivity index (χ4v) is 4.27. The van der Waals surface area contributed by atoms with Crippen molar-refractivity contribution in [1.82, 2.24) is 9.47 Å². The molecule has 2 aliphatic rings. The third kappa shape index (κ3) is 4.69. The number of nitrogens with zero attached hydrogens (tertiary/aromatic N) is 3. The number of benzene rings is 1. The Morgan fingerprint density at radius 3 is 2.55 bits per heavy atom. The maximum Gasteiger partial charge on any atom is 0.256 e. The predicted molar refractivity (Wildman–Crippen MR) is 112 cm³/mol. The summed E-state index contributed by atoms with van der Waals surface area (Å²) in [6.45, 7) is 6.84. The molecule has 1 aromatic carbocycles. The van der Waals surface area contributed by atoms with Gasteiger partial charge in [0.1, 0.15) is 0 Å². The first-order valence-corrected chi connectivity index (χ1v) is 10.5. The minimum atomic E-state index is -2.56. The highest BCUT2D eigenvalue weighted by Crippen LogP contribution is 2.34. The zero-order chi connectivity index (χ0) is 20.5. The highest BCUT2D eigenvalue weighted by molar-refractivity contribution is 5.64. The molecule has 4 nitrogen and oxygen atoms in total. The first-order chi connectivity index (χ1) is 13.9. The van der Waals surface area contributed by atoms with Crippen molar-refractivity contribution in [2.24, 2.45) is 5.92 Å². The van der Waals surface area contributed by atoms with E-state index in [1.165, 1.54) is 36.6 Å². The molecule has 0 amide bonds. The van der Waals surface area contributed by atoms with Gasteiger partial charge in [0.2, 0.25) is 0 Å². The van der Waals surface area contributed by atoms with Gasteiger partial charge in [-0.25, -0.2) is 8.78 Å². The molecule has 1 fully saturated rings. The molecule has 0 unspecified atom stereocenters. The molecule has 1 aliphatic carbocycles. The number of halogens is 2. The molecule has 0 atom stereocenters. The summed E-state index contributed by atoms with van der Waals surface area (Å²) >= 11 is 0. The van der Waals surface area contributed by atoms with Gasteiger partial charge in [-0.3, -0.25) is 9.69 Å². The van der Waals surface area contributed by atoms with Gasteiger partial charge in [0.15, 0.2) is 0 Å². The lowest BCUT2D eigenvalue weighted by Gasteiger charge is -2.33. The minimum absolute atomic E-state index is 0.122. The van der Waals surface area contributed by atoms with Gasteiger partial charge in [-0.1, -0.05) is 6.07 Å². The van der Waals surface area contributed by atoms with Crippen LogP contribution < -0.4 is 10.5 Å². The Morgan fingerprint density at radius 2 is 1.86 bits per heavy atom. The lowest BCUT2D eigenvalue weighted by molar-refractivity contribution is 0.125. The average molecular weight is 402 g/mol. The third-order valence-corrected chi connectivity index (χ3v) is 5.87. The molecule has 2 heterocycles. The molecular formula is C23H29F2N3O. The summed E-state index contributed by atoms with van der Waals surface area (Å²) in [4.78, 5) is 16.6. The molecule has 6 heteroatoms. The largest absolute Gasteiger partial charge is 0.338 e. The number of rotatable bonds is 7. The van der Waals surface area contributed by atoms with Crippen LogP contribution in [0.2, 0.25) is 0 Å². The summed E-state index contributed by atoms with van der Waals surface area (Å²) in [5.74, 6) is 0.878. The maximum atomic E-state index is 12.9. The van der Waals surface area contributed by atoms with Crippen LogP contribution >= 0.6 is 0 Å². The molecule has 1 aliphatic heterocycles. The summed E-state index contributed by atoms with van der Waals surface area (Å²) in [6.07, 6.45) is 2.78.